The lowest BCUT2D eigenvalue weighted by Crippen LogP contribution is -2.51. The maximum absolute atomic E-state index is 13.0. The van der Waals surface area contributed by atoms with Crippen LogP contribution in [0.15, 0.2) is 42.5 Å². The van der Waals surface area contributed by atoms with Crippen LogP contribution in [0.2, 0.25) is 5.02 Å². The van der Waals surface area contributed by atoms with Gasteiger partial charge in [0.2, 0.25) is 0 Å². The smallest absolute Gasteiger partial charge is 0.335 e. The van der Waals surface area contributed by atoms with Crippen LogP contribution in [0.4, 0.5) is 0 Å². The summed E-state index contributed by atoms with van der Waals surface area (Å²) < 4.78 is 0. The Labute approximate surface area is 181 Å². The van der Waals surface area contributed by atoms with E-state index in [1.807, 2.05) is 12.1 Å². The maximum Gasteiger partial charge on any atom is 0.335 e. The SMILES string of the molecule is O=C(O)c1cccc(-c2ccc(Cl)c(C(=O)NCC34CC5CC(CC(C5)C3)C4)c2)c1. The first-order chi connectivity index (χ1) is 14.4. The van der Waals surface area contributed by atoms with E-state index in [9.17, 15) is 14.7 Å². The molecular formula is C25H26ClNO3. The fourth-order valence-corrected chi connectivity index (χ4v) is 6.78. The molecule has 4 saturated carbocycles. The lowest BCUT2D eigenvalue weighted by atomic mass is 9.49. The molecule has 4 nitrogen and oxygen atoms in total. The molecule has 0 atom stereocenters. The Morgan fingerprint density at radius 3 is 2.23 bits per heavy atom. The summed E-state index contributed by atoms with van der Waals surface area (Å²) >= 11 is 6.36. The van der Waals surface area contributed by atoms with E-state index < -0.39 is 5.97 Å². The normalized spacial score (nSPS) is 29.0. The molecule has 0 aliphatic heterocycles. The number of carboxylic acids is 1. The highest BCUT2D eigenvalue weighted by molar-refractivity contribution is 6.34. The van der Waals surface area contributed by atoms with Gasteiger partial charge in [0.05, 0.1) is 16.1 Å². The molecule has 156 valence electrons. The van der Waals surface area contributed by atoms with Crippen LogP contribution < -0.4 is 5.32 Å². The number of carboxylic acid groups (broad SMARTS) is 1. The van der Waals surface area contributed by atoms with Crippen molar-refractivity contribution in [1.82, 2.24) is 5.32 Å². The highest BCUT2D eigenvalue weighted by Crippen LogP contribution is 2.59. The second kappa shape index (κ2) is 7.42. The van der Waals surface area contributed by atoms with Crippen LogP contribution in [0.5, 0.6) is 0 Å². The van der Waals surface area contributed by atoms with Gasteiger partial charge in [-0.05, 0) is 97.1 Å². The first kappa shape index (κ1) is 19.6. The minimum absolute atomic E-state index is 0.146. The zero-order valence-electron chi connectivity index (χ0n) is 16.9. The Hall–Kier alpha value is -2.33. The molecule has 6 rings (SSSR count). The highest BCUT2D eigenvalue weighted by Gasteiger charge is 2.50. The van der Waals surface area contributed by atoms with Crippen molar-refractivity contribution >= 4 is 23.5 Å². The Morgan fingerprint density at radius 1 is 0.967 bits per heavy atom. The van der Waals surface area contributed by atoms with Gasteiger partial charge < -0.3 is 10.4 Å². The van der Waals surface area contributed by atoms with Crippen LogP contribution >= 0.6 is 11.6 Å². The topological polar surface area (TPSA) is 66.4 Å². The summed E-state index contributed by atoms with van der Waals surface area (Å²) in [4.78, 5) is 24.3. The van der Waals surface area contributed by atoms with Gasteiger partial charge in [0.25, 0.3) is 5.91 Å². The molecular weight excluding hydrogens is 398 g/mol. The largest absolute Gasteiger partial charge is 0.478 e. The van der Waals surface area contributed by atoms with Crippen molar-refractivity contribution in [2.45, 2.75) is 38.5 Å². The second-order valence-electron chi connectivity index (χ2n) is 9.68. The molecule has 0 spiro atoms. The predicted molar refractivity (Wildman–Crippen MR) is 117 cm³/mol. The number of hydrogen-bond donors (Lipinski definition) is 2. The van der Waals surface area contributed by atoms with Crippen LogP contribution in [-0.4, -0.2) is 23.5 Å². The molecule has 4 bridgehead atoms. The van der Waals surface area contributed by atoms with Crippen LogP contribution in [-0.2, 0) is 0 Å². The molecule has 2 N–H and O–H groups in total. The van der Waals surface area contributed by atoms with Gasteiger partial charge in [-0.3, -0.25) is 4.79 Å². The Bertz CT molecular complexity index is 980. The van der Waals surface area contributed by atoms with E-state index in [-0.39, 0.29) is 16.9 Å². The molecule has 0 unspecified atom stereocenters. The van der Waals surface area contributed by atoms with E-state index >= 15 is 0 Å². The molecule has 0 aromatic heterocycles. The van der Waals surface area contributed by atoms with Gasteiger partial charge in [-0.15, -0.1) is 0 Å². The van der Waals surface area contributed by atoms with E-state index in [1.165, 1.54) is 38.5 Å². The van der Waals surface area contributed by atoms with E-state index in [2.05, 4.69) is 5.32 Å². The first-order valence-corrected chi connectivity index (χ1v) is 11.2. The van der Waals surface area contributed by atoms with Crippen LogP contribution in [0.25, 0.3) is 11.1 Å². The molecule has 2 aromatic rings. The van der Waals surface area contributed by atoms with Gasteiger partial charge in [0.15, 0.2) is 0 Å². The third-order valence-corrected chi connectivity index (χ3v) is 7.77. The summed E-state index contributed by atoms with van der Waals surface area (Å²) in [6.45, 7) is 0.727. The molecule has 0 saturated heterocycles. The standard InChI is InChI=1S/C25H26ClNO3/c26-22-5-4-19(18-2-1-3-20(9-18)24(29)30)10-21(22)23(28)27-14-25-11-15-6-16(12-25)8-17(7-15)13-25/h1-5,9-10,15-17H,6-8,11-14H2,(H,27,28)(H,29,30). The number of nitrogens with one attached hydrogen (secondary N) is 1. The van der Waals surface area contributed by atoms with Crippen molar-refractivity contribution in [1.29, 1.82) is 0 Å². The van der Waals surface area contributed by atoms with Crippen molar-refractivity contribution in [2.24, 2.45) is 23.2 Å². The van der Waals surface area contributed by atoms with Crippen molar-refractivity contribution in [3.05, 3.63) is 58.6 Å². The van der Waals surface area contributed by atoms with E-state index in [0.717, 1.165) is 35.4 Å². The van der Waals surface area contributed by atoms with Gasteiger partial charge in [-0.25, -0.2) is 4.79 Å². The van der Waals surface area contributed by atoms with Gasteiger partial charge in [0.1, 0.15) is 0 Å². The number of benzene rings is 2. The molecule has 30 heavy (non-hydrogen) atoms. The zero-order valence-corrected chi connectivity index (χ0v) is 17.6. The Morgan fingerprint density at radius 2 is 1.60 bits per heavy atom. The summed E-state index contributed by atoms with van der Waals surface area (Å²) in [5.74, 6) is 1.43. The van der Waals surface area contributed by atoms with Gasteiger partial charge in [0, 0.05) is 6.54 Å². The number of carbonyl (C=O) groups is 2. The van der Waals surface area contributed by atoms with Crippen molar-refractivity contribution in [2.75, 3.05) is 6.54 Å². The highest BCUT2D eigenvalue weighted by atomic mass is 35.5. The van der Waals surface area contributed by atoms with E-state index in [4.69, 9.17) is 11.6 Å². The van der Waals surface area contributed by atoms with Crippen molar-refractivity contribution in [3.63, 3.8) is 0 Å². The summed E-state index contributed by atoms with van der Waals surface area (Å²) in [6.07, 6.45) is 7.89. The van der Waals surface area contributed by atoms with Crippen LogP contribution in [0.3, 0.4) is 0 Å². The monoisotopic (exact) mass is 423 g/mol. The minimum atomic E-state index is -0.973. The molecule has 4 fully saturated rings. The van der Waals surface area contributed by atoms with Crippen LogP contribution in [0, 0.1) is 23.2 Å². The number of rotatable bonds is 5. The first-order valence-electron chi connectivity index (χ1n) is 10.8. The molecule has 0 heterocycles. The molecule has 4 aliphatic rings. The quantitative estimate of drug-likeness (QED) is 0.652. The maximum atomic E-state index is 13.0. The van der Waals surface area contributed by atoms with Crippen molar-refractivity contribution in [3.8, 4) is 11.1 Å². The summed E-state index contributed by atoms with van der Waals surface area (Å²) in [6, 6.07) is 12.0. The van der Waals surface area contributed by atoms with Crippen LogP contribution in [0.1, 0.15) is 59.2 Å². The summed E-state index contributed by atoms with van der Waals surface area (Å²) in [7, 11) is 0. The number of amides is 1. The minimum Gasteiger partial charge on any atom is -0.478 e. The lowest BCUT2D eigenvalue weighted by Gasteiger charge is -2.56. The molecule has 5 heteroatoms. The molecule has 4 aliphatic carbocycles. The molecule has 2 aromatic carbocycles. The average Bonchev–Trinajstić information content (AvgIpc) is 2.71. The Kier molecular flexibility index (Phi) is 4.85. The fourth-order valence-electron chi connectivity index (χ4n) is 6.58. The third-order valence-electron chi connectivity index (χ3n) is 7.44. The number of aromatic carboxylic acids is 1. The third kappa shape index (κ3) is 3.62. The fraction of sp³-hybridized carbons (Fsp3) is 0.440. The average molecular weight is 424 g/mol. The summed E-state index contributed by atoms with van der Waals surface area (Å²) in [5.41, 5.74) is 2.46. The van der Waals surface area contributed by atoms with Gasteiger partial charge in [-0.1, -0.05) is 29.8 Å². The van der Waals surface area contributed by atoms with Gasteiger partial charge in [-0.2, -0.15) is 0 Å². The summed E-state index contributed by atoms with van der Waals surface area (Å²) in [5, 5.41) is 12.8. The second-order valence-corrected chi connectivity index (χ2v) is 10.1. The molecule has 0 radical (unpaired) electrons. The van der Waals surface area contributed by atoms with E-state index in [0.29, 0.717) is 10.6 Å². The number of hydrogen-bond acceptors (Lipinski definition) is 2. The van der Waals surface area contributed by atoms with E-state index in [1.54, 1.807) is 30.3 Å². The lowest BCUT2D eigenvalue weighted by molar-refractivity contribution is -0.0503. The number of halogens is 1. The van der Waals surface area contributed by atoms with Gasteiger partial charge >= 0.3 is 5.97 Å². The Balaban J connectivity index is 1.34. The zero-order chi connectivity index (χ0) is 20.9. The molecule has 1 amide bonds. The van der Waals surface area contributed by atoms with Crippen molar-refractivity contribution < 1.29 is 14.7 Å². The predicted octanol–water partition coefficient (Wildman–Crippen LogP) is 5.65. The number of carbonyl (C=O) groups excluding carboxylic acids is 1.